The Balaban J connectivity index is 1.60. The molecule has 0 aliphatic carbocycles. The van der Waals surface area contributed by atoms with Gasteiger partial charge in [-0.25, -0.2) is 9.59 Å². The Bertz CT molecular complexity index is 1090. The van der Waals surface area contributed by atoms with Crippen LogP contribution in [0.4, 0.5) is 4.79 Å². The molecule has 0 aliphatic rings. The van der Waals surface area contributed by atoms with Crippen LogP contribution in [0.25, 0.3) is 0 Å². The van der Waals surface area contributed by atoms with Gasteiger partial charge < -0.3 is 36.2 Å². The number of carbonyl (C=O) groups is 5. The monoisotopic (exact) mass is 528 g/mol. The molecule has 12 heteroatoms. The highest BCUT2D eigenvalue weighted by molar-refractivity contribution is 5.86. The number of hydrogen-bond acceptors (Lipinski definition) is 7. The molecule has 0 radical (unpaired) electrons. The number of carboxylic acids is 1. The van der Waals surface area contributed by atoms with Crippen molar-refractivity contribution in [3.63, 3.8) is 0 Å². The van der Waals surface area contributed by atoms with E-state index >= 15 is 0 Å². The van der Waals surface area contributed by atoms with E-state index in [2.05, 4.69) is 21.3 Å². The number of nitrogens with one attached hydrogen (secondary N) is 4. The minimum absolute atomic E-state index is 0.00959. The van der Waals surface area contributed by atoms with E-state index in [1.807, 2.05) is 18.2 Å². The molecular formula is C26H32N4O8. The third kappa shape index (κ3) is 11.4. The molecule has 0 heterocycles. The van der Waals surface area contributed by atoms with Crippen LogP contribution in [-0.2, 0) is 36.9 Å². The van der Waals surface area contributed by atoms with Crippen molar-refractivity contribution in [2.75, 3.05) is 13.1 Å². The number of carbonyl (C=O) groups excluding carboxylic acids is 4. The van der Waals surface area contributed by atoms with Gasteiger partial charge in [0, 0.05) is 32.4 Å². The molecule has 2 rings (SSSR count). The minimum atomic E-state index is -1.21. The highest BCUT2D eigenvalue weighted by Crippen LogP contribution is 2.11. The maximum absolute atomic E-state index is 12.1. The summed E-state index contributed by atoms with van der Waals surface area (Å²) in [6, 6.07) is 13.0. The lowest BCUT2D eigenvalue weighted by Crippen LogP contribution is -2.45. The van der Waals surface area contributed by atoms with E-state index in [0.29, 0.717) is 5.56 Å². The third-order valence-corrected chi connectivity index (χ3v) is 5.28. The second-order valence-electron chi connectivity index (χ2n) is 8.40. The summed E-state index contributed by atoms with van der Waals surface area (Å²) in [5.74, 6) is -2.63. The molecule has 0 unspecified atom stereocenters. The average molecular weight is 529 g/mol. The Morgan fingerprint density at radius 3 is 2.11 bits per heavy atom. The summed E-state index contributed by atoms with van der Waals surface area (Å²) < 4.78 is 5.06. The molecule has 38 heavy (non-hydrogen) atoms. The van der Waals surface area contributed by atoms with E-state index < -0.39 is 41.9 Å². The van der Waals surface area contributed by atoms with Crippen molar-refractivity contribution in [3.8, 4) is 5.75 Å². The standard InChI is InChI=1S/C26H32N4O8/c1-17(29-26(37)38-16-19-5-3-2-4-6-19)24(34)28-14-11-22(32)27-13-12-23(33)30-21(25(35)36)15-18-7-9-20(31)10-8-18/h2-10,17,21,31H,11-16H2,1H3,(H,27,32)(H,28,34)(H,29,37)(H,30,33)(H,35,36)/t17-,21-/m0/s1. The lowest BCUT2D eigenvalue weighted by molar-refractivity contribution is -0.141. The molecule has 0 bridgehead atoms. The molecule has 0 fully saturated rings. The Kier molecular flexibility index (Phi) is 12.1. The van der Waals surface area contributed by atoms with Crippen molar-refractivity contribution in [1.82, 2.24) is 21.3 Å². The lowest BCUT2D eigenvalue weighted by Gasteiger charge is -2.15. The number of amides is 4. The van der Waals surface area contributed by atoms with Crippen LogP contribution < -0.4 is 21.3 Å². The molecule has 0 aromatic heterocycles. The molecule has 0 aliphatic heterocycles. The Morgan fingerprint density at radius 2 is 1.45 bits per heavy atom. The molecular weight excluding hydrogens is 496 g/mol. The number of phenolic OH excluding ortho intramolecular Hbond substituents is 1. The highest BCUT2D eigenvalue weighted by atomic mass is 16.5. The van der Waals surface area contributed by atoms with Crippen molar-refractivity contribution in [2.45, 2.75) is 44.9 Å². The number of carboxylic acid groups (broad SMARTS) is 1. The molecule has 4 amide bonds. The first-order valence-corrected chi connectivity index (χ1v) is 12.0. The van der Waals surface area contributed by atoms with Crippen LogP contribution in [-0.4, -0.2) is 65.2 Å². The Morgan fingerprint density at radius 1 is 0.816 bits per heavy atom. The van der Waals surface area contributed by atoms with E-state index in [1.165, 1.54) is 19.1 Å². The van der Waals surface area contributed by atoms with Crippen molar-refractivity contribution in [3.05, 3.63) is 65.7 Å². The molecule has 2 atom stereocenters. The summed E-state index contributed by atoms with van der Waals surface area (Å²) in [6.07, 6.45) is -0.910. The van der Waals surface area contributed by atoms with Crippen LogP contribution in [0.5, 0.6) is 5.75 Å². The third-order valence-electron chi connectivity index (χ3n) is 5.28. The number of aliphatic carboxylic acids is 1. The number of hydrogen-bond donors (Lipinski definition) is 6. The van der Waals surface area contributed by atoms with Gasteiger partial charge in [0.15, 0.2) is 0 Å². The molecule has 12 nitrogen and oxygen atoms in total. The second kappa shape index (κ2) is 15.5. The van der Waals surface area contributed by atoms with Gasteiger partial charge in [0.1, 0.15) is 24.4 Å². The van der Waals surface area contributed by atoms with Crippen LogP contribution in [0.15, 0.2) is 54.6 Å². The van der Waals surface area contributed by atoms with E-state index in [4.69, 9.17) is 4.74 Å². The summed E-state index contributed by atoms with van der Waals surface area (Å²) in [6.45, 7) is 1.53. The first-order valence-electron chi connectivity index (χ1n) is 12.0. The Hall–Kier alpha value is -4.61. The van der Waals surface area contributed by atoms with Crippen LogP contribution >= 0.6 is 0 Å². The molecule has 6 N–H and O–H groups in total. The molecule has 0 saturated carbocycles. The van der Waals surface area contributed by atoms with Gasteiger partial charge in [-0.2, -0.15) is 0 Å². The molecule has 0 spiro atoms. The first kappa shape index (κ1) is 29.6. The molecule has 0 saturated heterocycles. The van der Waals surface area contributed by atoms with E-state index in [1.54, 1.807) is 24.3 Å². The number of benzene rings is 2. The maximum atomic E-state index is 12.1. The fourth-order valence-corrected chi connectivity index (χ4v) is 3.20. The molecule has 204 valence electrons. The van der Waals surface area contributed by atoms with Crippen molar-refractivity contribution < 1.29 is 38.9 Å². The van der Waals surface area contributed by atoms with Gasteiger partial charge in [-0.1, -0.05) is 42.5 Å². The fourth-order valence-electron chi connectivity index (χ4n) is 3.20. The van der Waals surface area contributed by atoms with Crippen LogP contribution in [0.1, 0.15) is 30.9 Å². The van der Waals surface area contributed by atoms with Gasteiger partial charge in [-0.15, -0.1) is 0 Å². The van der Waals surface area contributed by atoms with E-state index in [0.717, 1.165) is 5.56 Å². The van der Waals surface area contributed by atoms with Gasteiger partial charge in [-0.05, 0) is 30.2 Å². The normalized spacial score (nSPS) is 11.9. The van der Waals surface area contributed by atoms with Gasteiger partial charge >= 0.3 is 12.1 Å². The predicted molar refractivity (Wildman–Crippen MR) is 136 cm³/mol. The number of phenols is 1. The van der Waals surface area contributed by atoms with E-state index in [9.17, 15) is 34.2 Å². The second-order valence-corrected chi connectivity index (χ2v) is 8.40. The summed E-state index contributed by atoms with van der Waals surface area (Å²) >= 11 is 0. The van der Waals surface area contributed by atoms with Gasteiger partial charge in [0.05, 0.1) is 0 Å². The zero-order valence-electron chi connectivity index (χ0n) is 20.9. The number of aromatic hydroxyl groups is 1. The topological polar surface area (TPSA) is 183 Å². The largest absolute Gasteiger partial charge is 0.508 e. The minimum Gasteiger partial charge on any atom is -0.508 e. The maximum Gasteiger partial charge on any atom is 0.408 e. The Labute approximate surface area is 219 Å². The number of ether oxygens (including phenoxy) is 1. The number of rotatable bonds is 14. The zero-order valence-corrected chi connectivity index (χ0v) is 20.9. The zero-order chi connectivity index (χ0) is 27.9. The van der Waals surface area contributed by atoms with Crippen molar-refractivity contribution >= 4 is 29.8 Å². The summed E-state index contributed by atoms with van der Waals surface area (Å²) in [7, 11) is 0. The van der Waals surface area contributed by atoms with Gasteiger partial charge in [-0.3, -0.25) is 14.4 Å². The summed E-state index contributed by atoms with van der Waals surface area (Å²) in [5, 5.41) is 28.5. The SMILES string of the molecule is C[C@H](NC(=O)OCc1ccccc1)C(=O)NCCC(=O)NCCC(=O)N[C@@H](Cc1ccc(O)cc1)C(=O)O. The summed E-state index contributed by atoms with van der Waals surface area (Å²) in [5.41, 5.74) is 1.43. The molecule has 2 aromatic rings. The quantitative estimate of drug-likeness (QED) is 0.208. The average Bonchev–Trinajstić information content (AvgIpc) is 2.88. The predicted octanol–water partition coefficient (Wildman–Crippen LogP) is 0.832. The van der Waals surface area contributed by atoms with Gasteiger partial charge in [0.2, 0.25) is 17.7 Å². The first-order chi connectivity index (χ1) is 18.1. The number of alkyl carbamates (subject to hydrolysis) is 1. The lowest BCUT2D eigenvalue weighted by atomic mass is 10.1. The van der Waals surface area contributed by atoms with Crippen LogP contribution in [0.2, 0.25) is 0 Å². The van der Waals surface area contributed by atoms with Crippen molar-refractivity contribution in [2.24, 2.45) is 0 Å². The summed E-state index contributed by atoms with van der Waals surface area (Å²) in [4.78, 5) is 59.5. The van der Waals surface area contributed by atoms with Crippen molar-refractivity contribution in [1.29, 1.82) is 0 Å². The smallest absolute Gasteiger partial charge is 0.408 e. The fraction of sp³-hybridized carbons (Fsp3) is 0.346. The van der Waals surface area contributed by atoms with Crippen LogP contribution in [0.3, 0.4) is 0 Å². The molecule has 2 aromatic carbocycles. The van der Waals surface area contributed by atoms with Crippen LogP contribution in [0, 0.1) is 0 Å². The van der Waals surface area contributed by atoms with Gasteiger partial charge in [0.25, 0.3) is 0 Å². The van der Waals surface area contributed by atoms with E-state index in [-0.39, 0.29) is 44.7 Å². The highest BCUT2D eigenvalue weighted by Gasteiger charge is 2.20.